The maximum Gasteiger partial charge on any atom is 0.119 e. The van der Waals surface area contributed by atoms with Crippen molar-refractivity contribution in [2.24, 2.45) is 5.92 Å². The SMILES string of the molecule is COc1cccc(CO[C@H]2CNCC(Cc3ccccc3)C2)c1. The van der Waals surface area contributed by atoms with Crippen molar-refractivity contribution in [2.45, 2.75) is 25.6 Å². The van der Waals surface area contributed by atoms with E-state index in [0.717, 1.165) is 37.2 Å². The number of hydrogen-bond acceptors (Lipinski definition) is 3. The van der Waals surface area contributed by atoms with Gasteiger partial charge in [-0.1, -0.05) is 42.5 Å². The van der Waals surface area contributed by atoms with Gasteiger partial charge in [-0.2, -0.15) is 0 Å². The minimum atomic E-state index is 0.281. The van der Waals surface area contributed by atoms with E-state index in [4.69, 9.17) is 9.47 Å². The molecule has 0 aromatic heterocycles. The van der Waals surface area contributed by atoms with Crippen molar-refractivity contribution in [1.82, 2.24) is 5.32 Å². The van der Waals surface area contributed by atoms with Crippen LogP contribution in [-0.2, 0) is 17.8 Å². The van der Waals surface area contributed by atoms with Gasteiger partial charge < -0.3 is 14.8 Å². The zero-order chi connectivity index (χ0) is 15.9. The van der Waals surface area contributed by atoms with E-state index in [1.54, 1.807) is 7.11 Å². The number of methoxy groups -OCH3 is 1. The van der Waals surface area contributed by atoms with Gasteiger partial charge in [0.25, 0.3) is 0 Å². The normalized spacial score (nSPS) is 21.1. The predicted octanol–water partition coefficient (Wildman–Crippen LogP) is 3.43. The van der Waals surface area contributed by atoms with Crippen molar-refractivity contribution in [3.05, 3.63) is 65.7 Å². The van der Waals surface area contributed by atoms with Crippen LogP contribution in [0.5, 0.6) is 5.75 Å². The summed E-state index contributed by atoms with van der Waals surface area (Å²) in [6, 6.07) is 18.8. The second-order valence-electron chi connectivity index (χ2n) is 6.23. The van der Waals surface area contributed by atoms with Crippen LogP contribution in [0.3, 0.4) is 0 Å². The average molecular weight is 311 g/mol. The van der Waals surface area contributed by atoms with Gasteiger partial charge >= 0.3 is 0 Å². The number of nitrogens with one attached hydrogen (secondary N) is 1. The fourth-order valence-electron chi connectivity index (χ4n) is 3.19. The van der Waals surface area contributed by atoms with Crippen LogP contribution >= 0.6 is 0 Å². The van der Waals surface area contributed by atoms with Gasteiger partial charge in [-0.3, -0.25) is 0 Å². The molecule has 3 rings (SSSR count). The first-order valence-corrected chi connectivity index (χ1v) is 8.32. The minimum Gasteiger partial charge on any atom is -0.497 e. The Bertz CT molecular complexity index is 600. The number of rotatable bonds is 6. The van der Waals surface area contributed by atoms with E-state index in [9.17, 15) is 0 Å². The molecule has 2 aromatic rings. The van der Waals surface area contributed by atoms with Gasteiger partial charge in [-0.25, -0.2) is 0 Å². The molecule has 23 heavy (non-hydrogen) atoms. The fraction of sp³-hybridized carbons (Fsp3) is 0.400. The maximum absolute atomic E-state index is 6.12. The second-order valence-corrected chi connectivity index (χ2v) is 6.23. The largest absolute Gasteiger partial charge is 0.497 e. The first-order chi connectivity index (χ1) is 11.3. The zero-order valence-corrected chi connectivity index (χ0v) is 13.7. The molecular weight excluding hydrogens is 286 g/mol. The molecule has 3 nitrogen and oxygen atoms in total. The topological polar surface area (TPSA) is 30.5 Å². The monoisotopic (exact) mass is 311 g/mol. The van der Waals surface area contributed by atoms with E-state index in [2.05, 4.69) is 41.7 Å². The minimum absolute atomic E-state index is 0.281. The Hall–Kier alpha value is -1.84. The lowest BCUT2D eigenvalue weighted by atomic mass is 9.91. The molecule has 1 aliphatic rings. The van der Waals surface area contributed by atoms with Gasteiger partial charge in [-0.05, 0) is 48.6 Å². The Morgan fingerprint density at radius 1 is 1.00 bits per heavy atom. The van der Waals surface area contributed by atoms with E-state index >= 15 is 0 Å². The van der Waals surface area contributed by atoms with Crippen molar-refractivity contribution in [3.8, 4) is 5.75 Å². The summed E-state index contributed by atoms with van der Waals surface area (Å²) in [7, 11) is 1.69. The standard InChI is InChI=1S/C20H25NO2/c1-22-19-9-5-8-17(11-19)15-23-20-12-18(13-21-14-20)10-16-6-3-2-4-7-16/h2-9,11,18,20-21H,10,12-15H2,1H3/t18?,20-/m1/s1. The third-order valence-corrected chi connectivity index (χ3v) is 4.39. The highest BCUT2D eigenvalue weighted by Gasteiger charge is 2.22. The van der Waals surface area contributed by atoms with Crippen LogP contribution in [0.1, 0.15) is 17.5 Å². The molecule has 2 aromatic carbocycles. The van der Waals surface area contributed by atoms with E-state index in [1.165, 1.54) is 5.56 Å². The van der Waals surface area contributed by atoms with Crippen LogP contribution in [0.25, 0.3) is 0 Å². The third kappa shape index (κ3) is 4.81. The van der Waals surface area contributed by atoms with Gasteiger partial charge in [0.1, 0.15) is 5.75 Å². The molecule has 122 valence electrons. The molecule has 0 saturated carbocycles. The van der Waals surface area contributed by atoms with Crippen molar-refractivity contribution in [3.63, 3.8) is 0 Å². The summed E-state index contributed by atoms with van der Waals surface area (Å²) in [6.45, 7) is 2.66. The van der Waals surface area contributed by atoms with E-state index in [-0.39, 0.29) is 6.10 Å². The number of ether oxygens (including phenoxy) is 2. The summed E-state index contributed by atoms with van der Waals surface area (Å²) in [5.74, 6) is 1.52. The molecule has 1 saturated heterocycles. The Balaban J connectivity index is 1.50. The number of hydrogen-bond donors (Lipinski definition) is 1. The van der Waals surface area contributed by atoms with Gasteiger partial charge in [0.2, 0.25) is 0 Å². The summed E-state index contributed by atoms with van der Waals surface area (Å²) in [6.07, 6.45) is 2.52. The molecule has 3 heteroatoms. The van der Waals surface area contributed by atoms with Crippen molar-refractivity contribution in [2.75, 3.05) is 20.2 Å². The van der Waals surface area contributed by atoms with E-state index in [1.807, 2.05) is 18.2 Å². The summed E-state index contributed by atoms with van der Waals surface area (Å²) in [4.78, 5) is 0. The molecule has 1 aliphatic heterocycles. The highest BCUT2D eigenvalue weighted by atomic mass is 16.5. The molecule has 0 spiro atoms. The van der Waals surface area contributed by atoms with Crippen molar-refractivity contribution >= 4 is 0 Å². The quantitative estimate of drug-likeness (QED) is 0.886. The summed E-state index contributed by atoms with van der Waals surface area (Å²) in [5, 5.41) is 3.51. The predicted molar refractivity (Wildman–Crippen MR) is 92.7 cm³/mol. The molecule has 1 N–H and O–H groups in total. The first-order valence-electron chi connectivity index (χ1n) is 8.32. The lowest BCUT2D eigenvalue weighted by molar-refractivity contribution is 0.0114. The average Bonchev–Trinajstić information content (AvgIpc) is 2.61. The molecule has 1 fully saturated rings. The first kappa shape index (κ1) is 16.0. The summed E-state index contributed by atoms with van der Waals surface area (Å²) in [5.41, 5.74) is 2.57. The van der Waals surface area contributed by atoms with Crippen LogP contribution in [0.4, 0.5) is 0 Å². The van der Waals surface area contributed by atoms with Crippen molar-refractivity contribution in [1.29, 1.82) is 0 Å². The Labute approximate surface area is 138 Å². The zero-order valence-electron chi connectivity index (χ0n) is 13.7. The maximum atomic E-state index is 6.12. The van der Waals surface area contributed by atoms with E-state index < -0.39 is 0 Å². The van der Waals surface area contributed by atoms with Crippen LogP contribution in [0.15, 0.2) is 54.6 Å². The second kappa shape index (κ2) is 8.14. The van der Waals surface area contributed by atoms with Crippen LogP contribution < -0.4 is 10.1 Å². The molecule has 0 aliphatic carbocycles. The fourth-order valence-corrected chi connectivity index (χ4v) is 3.19. The van der Waals surface area contributed by atoms with Crippen molar-refractivity contribution < 1.29 is 9.47 Å². The molecule has 0 amide bonds. The smallest absolute Gasteiger partial charge is 0.119 e. The molecule has 2 atom stereocenters. The molecule has 1 heterocycles. The molecule has 0 radical (unpaired) electrons. The van der Waals surface area contributed by atoms with Gasteiger partial charge in [0.15, 0.2) is 0 Å². The Morgan fingerprint density at radius 3 is 2.65 bits per heavy atom. The highest BCUT2D eigenvalue weighted by Crippen LogP contribution is 2.20. The molecular formula is C20H25NO2. The Kier molecular flexibility index (Phi) is 5.67. The van der Waals surface area contributed by atoms with Gasteiger partial charge in [-0.15, -0.1) is 0 Å². The Morgan fingerprint density at radius 2 is 1.83 bits per heavy atom. The third-order valence-electron chi connectivity index (χ3n) is 4.39. The van der Waals surface area contributed by atoms with Gasteiger partial charge in [0.05, 0.1) is 19.8 Å². The van der Waals surface area contributed by atoms with Crippen LogP contribution in [-0.4, -0.2) is 26.3 Å². The van der Waals surface area contributed by atoms with Crippen LogP contribution in [0, 0.1) is 5.92 Å². The molecule has 1 unspecified atom stereocenters. The van der Waals surface area contributed by atoms with Crippen LogP contribution in [0.2, 0.25) is 0 Å². The lowest BCUT2D eigenvalue weighted by Crippen LogP contribution is -2.41. The number of benzene rings is 2. The lowest BCUT2D eigenvalue weighted by Gasteiger charge is -2.30. The van der Waals surface area contributed by atoms with E-state index in [0.29, 0.717) is 12.5 Å². The molecule has 0 bridgehead atoms. The summed E-state index contributed by atoms with van der Waals surface area (Å²) >= 11 is 0. The van der Waals surface area contributed by atoms with Gasteiger partial charge in [0, 0.05) is 6.54 Å². The summed E-state index contributed by atoms with van der Waals surface area (Å²) < 4.78 is 11.4. The highest BCUT2D eigenvalue weighted by molar-refractivity contribution is 5.27. The number of piperidine rings is 1.